The summed E-state index contributed by atoms with van der Waals surface area (Å²) >= 11 is 0. The number of carbonyl (C=O) groups is 1. The average molecular weight is 199 g/mol. The molecule has 0 spiro atoms. The standard InChI is InChI=1S/C12H9NO2/c14-12(8-13-15)11-7-3-5-9-4-1-2-6-10(9)11/h1-8,15H. The van der Waals surface area contributed by atoms with Gasteiger partial charge in [-0.1, -0.05) is 47.6 Å². The van der Waals surface area contributed by atoms with Gasteiger partial charge in [0.1, 0.15) is 6.21 Å². The molecule has 74 valence electrons. The second-order valence-electron chi connectivity index (χ2n) is 3.14. The van der Waals surface area contributed by atoms with Crippen LogP contribution >= 0.6 is 0 Å². The van der Waals surface area contributed by atoms with Gasteiger partial charge in [0.15, 0.2) is 0 Å². The fourth-order valence-corrected chi connectivity index (χ4v) is 1.56. The zero-order valence-electron chi connectivity index (χ0n) is 7.92. The number of rotatable bonds is 2. The summed E-state index contributed by atoms with van der Waals surface area (Å²) in [6.07, 6.45) is 0.905. The number of hydrogen-bond acceptors (Lipinski definition) is 3. The Bertz CT molecular complexity index is 527. The van der Waals surface area contributed by atoms with Crippen LogP contribution in [-0.4, -0.2) is 17.2 Å². The highest BCUT2D eigenvalue weighted by Crippen LogP contribution is 2.18. The molecule has 0 fully saturated rings. The SMILES string of the molecule is O=C(C=NO)c1cccc2ccccc12. The summed E-state index contributed by atoms with van der Waals surface area (Å²) in [6, 6.07) is 13.0. The van der Waals surface area contributed by atoms with Gasteiger partial charge >= 0.3 is 0 Å². The van der Waals surface area contributed by atoms with Gasteiger partial charge in [0.25, 0.3) is 0 Å². The largest absolute Gasteiger partial charge is 0.411 e. The maximum Gasteiger partial charge on any atom is 0.207 e. The van der Waals surface area contributed by atoms with E-state index in [1.807, 2.05) is 30.3 Å². The van der Waals surface area contributed by atoms with Crippen molar-refractivity contribution in [2.75, 3.05) is 0 Å². The molecule has 0 aliphatic carbocycles. The van der Waals surface area contributed by atoms with Gasteiger partial charge in [-0.05, 0) is 10.8 Å². The Kier molecular flexibility index (Phi) is 2.46. The van der Waals surface area contributed by atoms with E-state index in [4.69, 9.17) is 5.21 Å². The third-order valence-electron chi connectivity index (χ3n) is 2.23. The van der Waals surface area contributed by atoms with Gasteiger partial charge in [-0.25, -0.2) is 0 Å². The topological polar surface area (TPSA) is 49.7 Å². The summed E-state index contributed by atoms with van der Waals surface area (Å²) in [7, 11) is 0. The summed E-state index contributed by atoms with van der Waals surface area (Å²) in [5.74, 6) is -0.297. The Hall–Kier alpha value is -2.16. The van der Waals surface area contributed by atoms with Gasteiger partial charge in [0, 0.05) is 5.56 Å². The van der Waals surface area contributed by atoms with E-state index in [9.17, 15) is 4.79 Å². The van der Waals surface area contributed by atoms with Crippen LogP contribution in [0.5, 0.6) is 0 Å². The van der Waals surface area contributed by atoms with E-state index >= 15 is 0 Å². The molecule has 1 N–H and O–H groups in total. The van der Waals surface area contributed by atoms with Crippen molar-refractivity contribution in [1.29, 1.82) is 0 Å². The van der Waals surface area contributed by atoms with Crippen LogP contribution in [-0.2, 0) is 0 Å². The highest BCUT2D eigenvalue weighted by atomic mass is 16.4. The lowest BCUT2D eigenvalue weighted by molar-refractivity contribution is 0.106. The molecule has 2 rings (SSSR count). The van der Waals surface area contributed by atoms with Crippen LogP contribution in [0.1, 0.15) is 10.4 Å². The predicted molar refractivity (Wildman–Crippen MR) is 58.6 cm³/mol. The first-order valence-electron chi connectivity index (χ1n) is 4.52. The molecule has 3 heteroatoms. The number of fused-ring (bicyclic) bond motifs is 1. The molecule has 0 radical (unpaired) electrons. The smallest absolute Gasteiger partial charge is 0.207 e. The maximum absolute atomic E-state index is 11.5. The zero-order valence-corrected chi connectivity index (χ0v) is 7.92. The number of carbonyl (C=O) groups excluding carboxylic acids is 1. The van der Waals surface area contributed by atoms with Crippen LogP contribution in [0, 0.1) is 0 Å². The molecule has 0 heterocycles. The molecule has 0 amide bonds. The summed E-state index contributed by atoms with van der Waals surface area (Å²) in [4.78, 5) is 11.5. The monoisotopic (exact) mass is 199 g/mol. The predicted octanol–water partition coefficient (Wildman–Crippen LogP) is 2.48. The fourth-order valence-electron chi connectivity index (χ4n) is 1.56. The number of benzene rings is 2. The second-order valence-corrected chi connectivity index (χ2v) is 3.14. The van der Waals surface area contributed by atoms with Crippen LogP contribution in [0.25, 0.3) is 10.8 Å². The van der Waals surface area contributed by atoms with Crippen LogP contribution < -0.4 is 0 Å². The molecule has 2 aromatic rings. The number of ketones is 1. The lowest BCUT2D eigenvalue weighted by atomic mass is 10.0. The highest BCUT2D eigenvalue weighted by molar-refractivity contribution is 6.38. The van der Waals surface area contributed by atoms with Crippen molar-refractivity contribution in [2.45, 2.75) is 0 Å². The molecular formula is C12H9NO2. The maximum atomic E-state index is 11.5. The number of hydrogen-bond donors (Lipinski definition) is 1. The van der Waals surface area contributed by atoms with E-state index in [0.717, 1.165) is 17.0 Å². The third kappa shape index (κ3) is 1.72. The van der Waals surface area contributed by atoms with Gasteiger partial charge in [0.05, 0.1) is 0 Å². The van der Waals surface area contributed by atoms with Gasteiger partial charge in [-0.15, -0.1) is 0 Å². The minimum atomic E-state index is -0.297. The van der Waals surface area contributed by atoms with Crippen molar-refractivity contribution in [3.05, 3.63) is 48.0 Å². The van der Waals surface area contributed by atoms with E-state index in [-0.39, 0.29) is 5.78 Å². The first kappa shape index (κ1) is 9.40. The van der Waals surface area contributed by atoms with E-state index in [0.29, 0.717) is 5.56 Å². The van der Waals surface area contributed by atoms with Crippen LogP contribution in [0.2, 0.25) is 0 Å². The average Bonchev–Trinajstić information content (AvgIpc) is 2.28. The van der Waals surface area contributed by atoms with Gasteiger partial charge < -0.3 is 5.21 Å². The van der Waals surface area contributed by atoms with Crippen LogP contribution in [0.15, 0.2) is 47.6 Å². The van der Waals surface area contributed by atoms with Crippen molar-refractivity contribution < 1.29 is 10.0 Å². The molecule has 0 atom stereocenters. The van der Waals surface area contributed by atoms with Gasteiger partial charge in [0.2, 0.25) is 5.78 Å². The van der Waals surface area contributed by atoms with Crippen molar-refractivity contribution in [3.63, 3.8) is 0 Å². The Balaban J connectivity index is 2.65. The van der Waals surface area contributed by atoms with Crippen LogP contribution in [0.3, 0.4) is 0 Å². The Morgan fingerprint density at radius 2 is 1.87 bits per heavy atom. The van der Waals surface area contributed by atoms with E-state index in [1.165, 1.54) is 0 Å². The summed E-state index contributed by atoms with van der Waals surface area (Å²) in [5.41, 5.74) is 0.547. The molecule has 0 aliphatic heterocycles. The molecule has 0 unspecified atom stereocenters. The lowest BCUT2D eigenvalue weighted by Crippen LogP contribution is -2.00. The molecule has 0 aliphatic rings. The Labute approximate surface area is 86.6 Å². The summed E-state index contributed by atoms with van der Waals surface area (Å²) in [5, 5.41) is 12.9. The summed E-state index contributed by atoms with van der Waals surface area (Å²) < 4.78 is 0. The first-order valence-corrected chi connectivity index (χ1v) is 4.52. The van der Waals surface area contributed by atoms with E-state index in [1.54, 1.807) is 12.1 Å². The van der Waals surface area contributed by atoms with E-state index < -0.39 is 0 Å². The second kappa shape index (κ2) is 3.92. The van der Waals surface area contributed by atoms with Crippen molar-refractivity contribution in [2.24, 2.45) is 5.16 Å². The quantitative estimate of drug-likeness (QED) is 0.349. The molecular weight excluding hydrogens is 190 g/mol. The number of oxime groups is 1. The molecule has 2 aromatic carbocycles. The lowest BCUT2D eigenvalue weighted by Gasteiger charge is -2.01. The molecule has 15 heavy (non-hydrogen) atoms. The minimum Gasteiger partial charge on any atom is -0.411 e. The normalized spacial score (nSPS) is 10.9. The Morgan fingerprint density at radius 3 is 2.67 bits per heavy atom. The Morgan fingerprint density at radius 1 is 1.13 bits per heavy atom. The van der Waals surface area contributed by atoms with Crippen molar-refractivity contribution in [3.8, 4) is 0 Å². The van der Waals surface area contributed by atoms with Gasteiger partial charge in [-0.2, -0.15) is 0 Å². The number of nitrogens with zero attached hydrogens (tertiary/aromatic N) is 1. The molecule has 0 saturated heterocycles. The number of Topliss-reactive ketones (excluding diaryl/α,β-unsaturated/α-hetero) is 1. The zero-order chi connectivity index (χ0) is 10.7. The minimum absolute atomic E-state index is 0.297. The highest BCUT2D eigenvalue weighted by Gasteiger charge is 2.06. The van der Waals surface area contributed by atoms with Crippen LogP contribution in [0.4, 0.5) is 0 Å². The third-order valence-corrected chi connectivity index (χ3v) is 2.23. The van der Waals surface area contributed by atoms with E-state index in [2.05, 4.69) is 5.16 Å². The summed E-state index contributed by atoms with van der Waals surface area (Å²) in [6.45, 7) is 0. The van der Waals surface area contributed by atoms with Crippen molar-refractivity contribution in [1.82, 2.24) is 0 Å². The first-order chi connectivity index (χ1) is 7.33. The molecule has 0 aromatic heterocycles. The molecule has 3 nitrogen and oxygen atoms in total. The molecule has 0 bridgehead atoms. The van der Waals surface area contributed by atoms with Gasteiger partial charge in [-0.3, -0.25) is 4.79 Å². The van der Waals surface area contributed by atoms with Crippen molar-refractivity contribution >= 4 is 22.8 Å². The fraction of sp³-hybridized carbons (Fsp3) is 0. The molecule has 0 saturated carbocycles.